The Bertz CT molecular complexity index is 522. The van der Waals surface area contributed by atoms with Crippen molar-refractivity contribution < 1.29 is 14.7 Å². The van der Waals surface area contributed by atoms with E-state index in [1.165, 1.54) is 0 Å². The lowest BCUT2D eigenvalue weighted by molar-refractivity contribution is -0.143. The van der Waals surface area contributed by atoms with Gasteiger partial charge in [0.1, 0.15) is 5.69 Å². The number of nitrogens with zero attached hydrogens (tertiary/aromatic N) is 3. The van der Waals surface area contributed by atoms with E-state index in [4.69, 9.17) is 5.11 Å². The maximum absolute atomic E-state index is 12.5. The van der Waals surface area contributed by atoms with E-state index in [0.717, 1.165) is 12.1 Å². The molecule has 0 unspecified atom stereocenters. The van der Waals surface area contributed by atoms with Crippen molar-refractivity contribution in [3.63, 3.8) is 0 Å². The third-order valence-corrected chi connectivity index (χ3v) is 3.77. The third-order valence-electron chi connectivity index (χ3n) is 3.77. The Hall–Kier alpha value is -1.85. The van der Waals surface area contributed by atoms with Gasteiger partial charge in [-0.2, -0.15) is 5.10 Å². The molecule has 0 radical (unpaired) electrons. The van der Waals surface area contributed by atoms with Crippen LogP contribution in [0.25, 0.3) is 0 Å². The van der Waals surface area contributed by atoms with Crippen LogP contribution in [0.2, 0.25) is 0 Å². The summed E-state index contributed by atoms with van der Waals surface area (Å²) in [6.45, 7) is 4.96. The molecular formula is C14H21N3O3. The minimum absolute atomic E-state index is 0.127. The second-order valence-corrected chi connectivity index (χ2v) is 5.66. The van der Waals surface area contributed by atoms with Gasteiger partial charge < -0.3 is 10.0 Å². The zero-order valence-corrected chi connectivity index (χ0v) is 12.2. The summed E-state index contributed by atoms with van der Waals surface area (Å²) in [5.74, 6) is -1.14. The standard InChI is InChI=1S/C14H21N3O3/c1-9(2)11-7-12(16(3)15-11)13(18)17-6-4-5-10(8-17)14(19)20/h7,9-10H,4-6,8H2,1-3H3,(H,19,20)/t10-/m0/s1. The van der Waals surface area contributed by atoms with Crippen LogP contribution in [0.4, 0.5) is 0 Å². The van der Waals surface area contributed by atoms with Crippen LogP contribution in [0.3, 0.4) is 0 Å². The fraction of sp³-hybridized carbons (Fsp3) is 0.643. The monoisotopic (exact) mass is 279 g/mol. The fourth-order valence-corrected chi connectivity index (χ4v) is 2.50. The van der Waals surface area contributed by atoms with Crippen molar-refractivity contribution in [2.24, 2.45) is 13.0 Å². The van der Waals surface area contributed by atoms with Crippen LogP contribution in [0.1, 0.15) is 48.8 Å². The number of hydrogen-bond acceptors (Lipinski definition) is 3. The van der Waals surface area contributed by atoms with Gasteiger partial charge in [-0.15, -0.1) is 0 Å². The van der Waals surface area contributed by atoms with Crippen molar-refractivity contribution in [2.75, 3.05) is 13.1 Å². The highest BCUT2D eigenvalue weighted by molar-refractivity contribution is 5.93. The van der Waals surface area contributed by atoms with Crippen LogP contribution in [-0.2, 0) is 11.8 Å². The second-order valence-electron chi connectivity index (χ2n) is 5.66. The molecule has 110 valence electrons. The molecule has 1 N–H and O–H groups in total. The molecule has 1 fully saturated rings. The maximum atomic E-state index is 12.5. The summed E-state index contributed by atoms with van der Waals surface area (Å²) >= 11 is 0. The Balaban J connectivity index is 2.16. The average Bonchev–Trinajstić information content (AvgIpc) is 2.80. The van der Waals surface area contributed by atoms with E-state index in [-0.39, 0.29) is 18.4 Å². The van der Waals surface area contributed by atoms with Gasteiger partial charge in [-0.1, -0.05) is 13.8 Å². The predicted octanol–water partition coefficient (Wildman–Crippen LogP) is 1.48. The van der Waals surface area contributed by atoms with Crippen LogP contribution in [0.5, 0.6) is 0 Å². The van der Waals surface area contributed by atoms with Gasteiger partial charge in [-0.05, 0) is 24.8 Å². The number of carboxylic acids is 1. The van der Waals surface area contributed by atoms with Crippen molar-refractivity contribution in [3.8, 4) is 0 Å². The zero-order chi connectivity index (χ0) is 14.9. The van der Waals surface area contributed by atoms with Crippen molar-refractivity contribution >= 4 is 11.9 Å². The van der Waals surface area contributed by atoms with Gasteiger partial charge in [0.2, 0.25) is 0 Å². The van der Waals surface area contributed by atoms with Gasteiger partial charge in [0.25, 0.3) is 5.91 Å². The molecule has 0 saturated carbocycles. The predicted molar refractivity (Wildman–Crippen MR) is 73.6 cm³/mol. The molecule has 0 spiro atoms. The molecule has 1 aliphatic heterocycles. The zero-order valence-electron chi connectivity index (χ0n) is 12.2. The summed E-state index contributed by atoms with van der Waals surface area (Å²) < 4.78 is 1.59. The lowest BCUT2D eigenvalue weighted by Gasteiger charge is -2.30. The number of likely N-dealkylation sites (tertiary alicyclic amines) is 1. The molecule has 6 heteroatoms. The Kier molecular flexibility index (Phi) is 4.11. The van der Waals surface area contributed by atoms with Crippen LogP contribution in [0.15, 0.2) is 6.07 Å². The summed E-state index contributed by atoms with van der Waals surface area (Å²) in [5.41, 5.74) is 1.40. The van der Waals surface area contributed by atoms with E-state index in [1.54, 1.807) is 22.7 Å². The molecule has 0 aliphatic carbocycles. The van der Waals surface area contributed by atoms with E-state index >= 15 is 0 Å². The van der Waals surface area contributed by atoms with Crippen LogP contribution in [-0.4, -0.2) is 44.8 Å². The normalized spacial score (nSPS) is 19.4. The van der Waals surface area contributed by atoms with Gasteiger partial charge in [0, 0.05) is 20.1 Å². The maximum Gasteiger partial charge on any atom is 0.308 e. The SMILES string of the molecule is CC(C)c1cc(C(=O)N2CCC[C@H](C(=O)O)C2)n(C)n1. The molecule has 20 heavy (non-hydrogen) atoms. The number of aromatic nitrogens is 2. The Labute approximate surface area is 118 Å². The highest BCUT2D eigenvalue weighted by Gasteiger charge is 2.30. The largest absolute Gasteiger partial charge is 0.481 e. The van der Waals surface area contributed by atoms with Crippen LogP contribution >= 0.6 is 0 Å². The van der Waals surface area contributed by atoms with Gasteiger partial charge in [0.15, 0.2) is 0 Å². The first-order chi connectivity index (χ1) is 9.40. The first-order valence-electron chi connectivity index (χ1n) is 6.96. The third kappa shape index (κ3) is 2.84. The van der Waals surface area contributed by atoms with Crippen LogP contribution < -0.4 is 0 Å². The van der Waals surface area contributed by atoms with E-state index < -0.39 is 11.9 Å². The first-order valence-corrected chi connectivity index (χ1v) is 6.96. The van der Waals surface area contributed by atoms with Crippen molar-refractivity contribution in [2.45, 2.75) is 32.6 Å². The number of carbonyl (C=O) groups is 2. The van der Waals surface area contributed by atoms with Crippen molar-refractivity contribution in [3.05, 3.63) is 17.5 Å². The molecule has 1 aromatic heterocycles. The van der Waals surface area contributed by atoms with Gasteiger partial charge in [0.05, 0.1) is 11.6 Å². The molecule has 1 aromatic rings. The van der Waals surface area contributed by atoms with Gasteiger partial charge in [-0.3, -0.25) is 14.3 Å². The van der Waals surface area contributed by atoms with E-state index in [2.05, 4.69) is 5.10 Å². The topological polar surface area (TPSA) is 75.4 Å². The molecular weight excluding hydrogens is 258 g/mol. The number of hydrogen-bond donors (Lipinski definition) is 1. The van der Waals surface area contributed by atoms with Crippen molar-refractivity contribution in [1.82, 2.24) is 14.7 Å². The lowest BCUT2D eigenvalue weighted by atomic mass is 9.98. The smallest absolute Gasteiger partial charge is 0.308 e. The number of aliphatic carboxylic acids is 1. The fourth-order valence-electron chi connectivity index (χ4n) is 2.50. The summed E-state index contributed by atoms with van der Waals surface area (Å²) in [6.07, 6.45) is 1.37. The minimum Gasteiger partial charge on any atom is -0.481 e. The highest BCUT2D eigenvalue weighted by Crippen LogP contribution is 2.20. The number of carbonyl (C=O) groups excluding carboxylic acids is 1. The summed E-state index contributed by atoms with van der Waals surface area (Å²) in [7, 11) is 1.75. The summed E-state index contributed by atoms with van der Waals surface area (Å²) in [5, 5.41) is 13.4. The number of piperidine rings is 1. The van der Waals surface area contributed by atoms with Crippen LogP contribution in [0, 0.1) is 5.92 Å². The molecule has 1 atom stereocenters. The highest BCUT2D eigenvalue weighted by atomic mass is 16.4. The Morgan fingerprint density at radius 2 is 2.15 bits per heavy atom. The van der Waals surface area contributed by atoms with Crippen molar-refractivity contribution in [1.29, 1.82) is 0 Å². The second kappa shape index (κ2) is 5.64. The van der Waals surface area contributed by atoms with E-state index in [1.807, 2.05) is 13.8 Å². The van der Waals surface area contributed by atoms with Gasteiger partial charge in [-0.25, -0.2) is 0 Å². The average molecular weight is 279 g/mol. The molecule has 1 saturated heterocycles. The molecule has 1 amide bonds. The quantitative estimate of drug-likeness (QED) is 0.909. The Morgan fingerprint density at radius 3 is 2.70 bits per heavy atom. The molecule has 0 bridgehead atoms. The number of amides is 1. The van der Waals surface area contributed by atoms with E-state index in [9.17, 15) is 9.59 Å². The number of aryl methyl sites for hydroxylation is 1. The number of rotatable bonds is 3. The molecule has 6 nitrogen and oxygen atoms in total. The van der Waals surface area contributed by atoms with E-state index in [0.29, 0.717) is 18.7 Å². The summed E-state index contributed by atoms with van der Waals surface area (Å²) in [6, 6.07) is 1.80. The molecule has 0 aromatic carbocycles. The molecule has 2 rings (SSSR count). The first kappa shape index (κ1) is 14.6. The number of carboxylic acid groups (broad SMARTS) is 1. The molecule has 1 aliphatic rings. The lowest BCUT2D eigenvalue weighted by Crippen LogP contribution is -2.42. The Morgan fingerprint density at radius 1 is 1.45 bits per heavy atom. The summed E-state index contributed by atoms with van der Waals surface area (Å²) in [4.78, 5) is 25.2. The minimum atomic E-state index is -0.824. The molecule has 2 heterocycles. The van der Waals surface area contributed by atoms with Gasteiger partial charge >= 0.3 is 5.97 Å².